The summed E-state index contributed by atoms with van der Waals surface area (Å²) in [6.07, 6.45) is -0.0556. The van der Waals surface area contributed by atoms with Gasteiger partial charge in [-0.1, -0.05) is 0 Å². The van der Waals surface area contributed by atoms with Crippen LogP contribution in [-0.4, -0.2) is 31.5 Å². The lowest BCUT2D eigenvalue weighted by Gasteiger charge is -2.13. The fourth-order valence-electron chi connectivity index (χ4n) is 0.420. The van der Waals surface area contributed by atoms with Gasteiger partial charge in [-0.3, -0.25) is 0 Å². The second-order valence-corrected chi connectivity index (χ2v) is 2.62. The Kier molecular flexibility index (Phi) is 3.04. The molecule has 0 spiro atoms. The minimum atomic E-state index is -2.51. The van der Waals surface area contributed by atoms with E-state index >= 15 is 0 Å². The second kappa shape index (κ2) is 3.11. The van der Waals surface area contributed by atoms with Gasteiger partial charge < -0.3 is 4.90 Å². The zero-order valence-corrected chi connectivity index (χ0v) is 6.12. The number of rotatable bonds is 3. The lowest BCUT2D eigenvalue weighted by Crippen LogP contribution is -2.21. The van der Waals surface area contributed by atoms with E-state index in [0.717, 1.165) is 6.92 Å². The maximum Gasteiger partial charge on any atom is 0.246 e. The third-order valence-corrected chi connectivity index (χ3v) is 0.998. The maximum atomic E-state index is 12.1. The van der Waals surface area contributed by atoms with E-state index in [-0.39, 0.29) is 6.42 Å². The van der Waals surface area contributed by atoms with E-state index in [1.54, 1.807) is 19.0 Å². The number of alkyl halides is 2. The third kappa shape index (κ3) is 7.82. The van der Waals surface area contributed by atoms with Gasteiger partial charge in [0.1, 0.15) is 0 Å². The molecule has 1 nitrogen and oxygen atoms in total. The predicted molar refractivity (Wildman–Crippen MR) is 33.8 cm³/mol. The molecule has 9 heavy (non-hydrogen) atoms. The molecule has 0 atom stereocenters. The van der Waals surface area contributed by atoms with Crippen LogP contribution in [0.3, 0.4) is 0 Å². The molecule has 0 aromatic carbocycles. The molecule has 0 aliphatic heterocycles. The molecule has 0 bridgehead atoms. The number of halogens is 2. The van der Waals surface area contributed by atoms with Gasteiger partial charge in [-0.2, -0.15) is 0 Å². The molecule has 0 unspecified atom stereocenters. The zero-order valence-electron chi connectivity index (χ0n) is 6.12. The largest absolute Gasteiger partial charge is 0.309 e. The van der Waals surface area contributed by atoms with Crippen molar-refractivity contribution in [2.75, 3.05) is 20.6 Å². The fourth-order valence-corrected chi connectivity index (χ4v) is 0.420. The van der Waals surface area contributed by atoms with E-state index in [4.69, 9.17) is 0 Å². The highest BCUT2D eigenvalue weighted by Gasteiger charge is 2.19. The van der Waals surface area contributed by atoms with Crippen LogP contribution >= 0.6 is 0 Å². The third-order valence-electron chi connectivity index (χ3n) is 0.998. The molecule has 0 saturated heterocycles. The van der Waals surface area contributed by atoms with E-state index in [1.165, 1.54) is 0 Å². The standard InChI is InChI=1S/C6H13F2N/c1-6(7,8)4-5-9(2)3/h4-5H2,1-3H3. The Balaban J connectivity index is 3.28. The van der Waals surface area contributed by atoms with Crippen LogP contribution in [0.4, 0.5) is 8.78 Å². The molecule has 0 amide bonds. The van der Waals surface area contributed by atoms with Crippen LogP contribution in [-0.2, 0) is 0 Å². The van der Waals surface area contributed by atoms with Crippen molar-refractivity contribution in [3.8, 4) is 0 Å². The van der Waals surface area contributed by atoms with E-state index in [2.05, 4.69) is 0 Å². The molecule has 0 aliphatic carbocycles. The van der Waals surface area contributed by atoms with Gasteiger partial charge in [0.2, 0.25) is 5.92 Å². The van der Waals surface area contributed by atoms with Crippen LogP contribution in [0.5, 0.6) is 0 Å². The first-order valence-electron chi connectivity index (χ1n) is 2.94. The van der Waals surface area contributed by atoms with Gasteiger partial charge in [0, 0.05) is 13.0 Å². The van der Waals surface area contributed by atoms with E-state index in [0.29, 0.717) is 6.54 Å². The van der Waals surface area contributed by atoms with Gasteiger partial charge in [0.15, 0.2) is 0 Å². The molecular formula is C6H13F2N. The monoisotopic (exact) mass is 137 g/mol. The van der Waals surface area contributed by atoms with Crippen LogP contribution in [0, 0.1) is 0 Å². The van der Waals surface area contributed by atoms with Gasteiger partial charge in [-0.25, -0.2) is 8.78 Å². The molecule has 56 valence electrons. The van der Waals surface area contributed by atoms with Crippen molar-refractivity contribution < 1.29 is 8.78 Å². The summed E-state index contributed by atoms with van der Waals surface area (Å²) in [4.78, 5) is 1.75. The first kappa shape index (κ1) is 8.82. The second-order valence-electron chi connectivity index (χ2n) is 2.62. The topological polar surface area (TPSA) is 3.24 Å². The van der Waals surface area contributed by atoms with Crippen molar-refractivity contribution in [1.29, 1.82) is 0 Å². The van der Waals surface area contributed by atoms with Crippen molar-refractivity contribution in [2.45, 2.75) is 19.3 Å². The Bertz CT molecular complexity index is 75.6. The van der Waals surface area contributed by atoms with Gasteiger partial charge in [0.25, 0.3) is 0 Å². The molecule has 0 radical (unpaired) electrons. The van der Waals surface area contributed by atoms with Gasteiger partial charge >= 0.3 is 0 Å². The first-order chi connectivity index (χ1) is 3.92. The van der Waals surface area contributed by atoms with Crippen molar-refractivity contribution in [3.05, 3.63) is 0 Å². The van der Waals surface area contributed by atoms with Gasteiger partial charge in [-0.15, -0.1) is 0 Å². The first-order valence-corrected chi connectivity index (χ1v) is 2.94. The summed E-state index contributed by atoms with van der Waals surface area (Å²) in [5.41, 5.74) is 0. The molecule has 0 aromatic rings. The molecule has 0 saturated carbocycles. The number of nitrogens with zero attached hydrogens (tertiary/aromatic N) is 1. The van der Waals surface area contributed by atoms with Crippen LogP contribution < -0.4 is 0 Å². The lowest BCUT2D eigenvalue weighted by atomic mass is 10.3. The summed E-state index contributed by atoms with van der Waals surface area (Å²) in [5.74, 6) is -2.51. The molecule has 0 heterocycles. The van der Waals surface area contributed by atoms with Gasteiger partial charge in [-0.05, 0) is 21.0 Å². The minimum absolute atomic E-state index is 0.0556. The van der Waals surface area contributed by atoms with Crippen molar-refractivity contribution in [1.82, 2.24) is 4.90 Å². The summed E-state index contributed by atoms with van der Waals surface area (Å²) in [6.45, 7) is 1.39. The summed E-state index contributed by atoms with van der Waals surface area (Å²) in [7, 11) is 3.57. The highest BCUT2D eigenvalue weighted by atomic mass is 19.3. The SMILES string of the molecule is CN(C)CCC(C)(F)F. The molecular weight excluding hydrogens is 124 g/mol. The minimum Gasteiger partial charge on any atom is -0.309 e. The van der Waals surface area contributed by atoms with Crippen molar-refractivity contribution in [2.24, 2.45) is 0 Å². The summed E-state index contributed by atoms with van der Waals surface area (Å²) in [5, 5.41) is 0. The molecule has 3 heteroatoms. The highest BCUT2D eigenvalue weighted by molar-refractivity contribution is 4.59. The van der Waals surface area contributed by atoms with E-state index in [9.17, 15) is 8.78 Å². The Morgan fingerprint density at radius 1 is 1.33 bits per heavy atom. The molecule has 0 N–H and O–H groups in total. The van der Waals surface area contributed by atoms with Crippen molar-refractivity contribution in [3.63, 3.8) is 0 Å². The van der Waals surface area contributed by atoms with Crippen LogP contribution in [0.15, 0.2) is 0 Å². The maximum absolute atomic E-state index is 12.1. The average molecular weight is 137 g/mol. The van der Waals surface area contributed by atoms with Crippen LogP contribution in [0.25, 0.3) is 0 Å². The number of hydrogen-bond donors (Lipinski definition) is 0. The van der Waals surface area contributed by atoms with Crippen LogP contribution in [0.2, 0.25) is 0 Å². The number of hydrogen-bond acceptors (Lipinski definition) is 1. The molecule has 0 aliphatic rings. The molecule has 0 aromatic heterocycles. The van der Waals surface area contributed by atoms with E-state index in [1.807, 2.05) is 0 Å². The van der Waals surface area contributed by atoms with Gasteiger partial charge in [0.05, 0.1) is 0 Å². The Hall–Kier alpha value is -0.180. The average Bonchev–Trinajstić information content (AvgIpc) is 1.59. The van der Waals surface area contributed by atoms with E-state index < -0.39 is 5.92 Å². The summed E-state index contributed by atoms with van der Waals surface area (Å²) in [6, 6.07) is 0. The lowest BCUT2D eigenvalue weighted by molar-refractivity contribution is 0.00691. The normalized spacial score (nSPS) is 12.7. The molecule has 0 fully saturated rings. The Morgan fingerprint density at radius 3 is 1.89 bits per heavy atom. The smallest absolute Gasteiger partial charge is 0.246 e. The Labute approximate surface area is 54.7 Å². The Morgan fingerprint density at radius 2 is 1.78 bits per heavy atom. The summed E-state index contributed by atoms with van der Waals surface area (Å²) >= 11 is 0. The summed E-state index contributed by atoms with van der Waals surface area (Å²) < 4.78 is 24.1. The zero-order chi connectivity index (χ0) is 7.49. The quantitative estimate of drug-likeness (QED) is 0.571. The van der Waals surface area contributed by atoms with Crippen molar-refractivity contribution >= 4 is 0 Å². The predicted octanol–water partition coefficient (Wildman–Crippen LogP) is 1.59. The fraction of sp³-hybridized carbons (Fsp3) is 1.00. The molecule has 0 rings (SSSR count). The highest BCUT2D eigenvalue weighted by Crippen LogP contribution is 2.15. The van der Waals surface area contributed by atoms with Crippen LogP contribution in [0.1, 0.15) is 13.3 Å².